The van der Waals surface area contributed by atoms with Gasteiger partial charge in [0.15, 0.2) is 11.4 Å². The summed E-state index contributed by atoms with van der Waals surface area (Å²) in [6.07, 6.45) is -1.70. The first kappa shape index (κ1) is 14.8. The zero-order valence-corrected chi connectivity index (χ0v) is 9.57. The smallest absolute Gasteiger partial charge is 0.332 e. The summed E-state index contributed by atoms with van der Waals surface area (Å²) < 4.78 is 24.8. The van der Waals surface area contributed by atoms with E-state index in [1.807, 2.05) is 0 Å². The van der Waals surface area contributed by atoms with Crippen molar-refractivity contribution >= 4 is 16.0 Å². The molecule has 0 saturated carbocycles. The molecule has 0 fully saturated rings. The Kier molecular flexibility index (Phi) is 5.95. The van der Waals surface area contributed by atoms with Crippen molar-refractivity contribution in [2.45, 2.75) is 31.1 Å². The molecule has 0 aliphatic carbocycles. The minimum Gasteiger partial charge on any atom is -0.479 e. The van der Waals surface area contributed by atoms with Gasteiger partial charge in [0.2, 0.25) is 10.0 Å². The van der Waals surface area contributed by atoms with E-state index in [9.17, 15) is 13.2 Å². The van der Waals surface area contributed by atoms with Crippen LogP contribution in [0.4, 0.5) is 0 Å². The number of aliphatic carboxylic acids is 1. The first-order chi connectivity index (χ1) is 7.35. The molecule has 7 nitrogen and oxygen atoms in total. The molecule has 92 valence electrons. The molecule has 2 atom stereocenters. The summed E-state index contributed by atoms with van der Waals surface area (Å²) in [5.74, 6) is -1.41. The van der Waals surface area contributed by atoms with E-state index in [0.29, 0.717) is 0 Å². The van der Waals surface area contributed by atoms with E-state index in [-0.39, 0.29) is 19.4 Å². The van der Waals surface area contributed by atoms with E-state index in [4.69, 9.17) is 15.5 Å². The lowest BCUT2D eigenvalue weighted by molar-refractivity contribution is -0.146. The highest BCUT2D eigenvalue weighted by Crippen LogP contribution is 2.02. The van der Waals surface area contributed by atoms with Crippen LogP contribution in [0.5, 0.6) is 0 Å². The van der Waals surface area contributed by atoms with Gasteiger partial charge in [-0.2, -0.15) is 5.26 Å². The molecule has 1 unspecified atom stereocenters. The molecule has 0 spiro atoms. The molecule has 0 radical (unpaired) electrons. The molecule has 0 heterocycles. The Morgan fingerprint density at radius 1 is 1.56 bits per heavy atom. The fourth-order valence-electron chi connectivity index (χ4n) is 0.942. The summed E-state index contributed by atoms with van der Waals surface area (Å²) in [6.45, 7) is 1.34. The van der Waals surface area contributed by atoms with Crippen molar-refractivity contribution < 1.29 is 23.4 Å². The van der Waals surface area contributed by atoms with Gasteiger partial charge in [-0.05, 0) is 12.8 Å². The molecule has 0 rings (SSSR count). The van der Waals surface area contributed by atoms with Crippen molar-refractivity contribution in [1.82, 2.24) is 4.72 Å². The molecule has 8 heteroatoms. The summed E-state index contributed by atoms with van der Waals surface area (Å²) in [5.41, 5.74) is 0. The van der Waals surface area contributed by atoms with Crippen LogP contribution in [0, 0.1) is 11.3 Å². The standard InChI is InChI=1S/C8H14N2O5S/c1-2-6(5-9)16(14,15)10-4-3-7(11)8(12)13/h6-7,10-11H,2-4H2,1H3,(H,12,13)/t6?,7-/m0/s1. The van der Waals surface area contributed by atoms with Crippen molar-refractivity contribution in [2.75, 3.05) is 6.54 Å². The lowest BCUT2D eigenvalue weighted by Gasteiger charge is -2.10. The summed E-state index contributed by atoms with van der Waals surface area (Å²) >= 11 is 0. The Balaban J connectivity index is 4.22. The zero-order chi connectivity index (χ0) is 12.8. The molecule has 16 heavy (non-hydrogen) atoms. The molecule has 0 aromatic heterocycles. The molecule has 0 aromatic rings. The SMILES string of the molecule is CCC(C#N)S(=O)(=O)NCC[C@H](O)C(=O)O. The number of carboxylic acid groups (broad SMARTS) is 1. The Bertz CT molecular complexity index is 372. The molecule has 0 amide bonds. The Morgan fingerprint density at radius 3 is 2.50 bits per heavy atom. The fraction of sp³-hybridized carbons (Fsp3) is 0.750. The van der Waals surface area contributed by atoms with E-state index < -0.39 is 27.3 Å². The maximum absolute atomic E-state index is 11.4. The van der Waals surface area contributed by atoms with Gasteiger partial charge >= 0.3 is 5.97 Å². The molecule has 0 aliphatic rings. The number of carbonyl (C=O) groups is 1. The normalized spacial score (nSPS) is 15.1. The second-order valence-electron chi connectivity index (χ2n) is 3.11. The van der Waals surface area contributed by atoms with Crippen molar-refractivity contribution in [3.8, 4) is 6.07 Å². The van der Waals surface area contributed by atoms with E-state index >= 15 is 0 Å². The molecule has 0 saturated heterocycles. The lowest BCUT2D eigenvalue weighted by atomic mass is 10.3. The monoisotopic (exact) mass is 250 g/mol. The minimum atomic E-state index is -3.76. The van der Waals surface area contributed by atoms with Crippen LogP contribution in [0.1, 0.15) is 19.8 Å². The maximum atomic E-state index is 11.4. The quantitative estimate of drug-likeness (QED) is 0.534. The number of hydrogen-bond acceptors (Lipinski definition) is 5. The molecule has 0 aliphatic heterocycles. The Morgan fingerprint density at radius 2 is 2.12 bits per heavy atom. The van der Waals surface area contributed by atoms with Gasteiger partial charge in [-0.3, -0.25) is 0 Å². The summed E-state index contributed by atoms with van der Waals surface area (Å²) in [5, 5.41) is 24.6. The van der Waals surface area contributed by atoms with Gasteiger partial charge in [0.05, 0.1) is 6.07 Å². The van der Waals surface area contributed by atoms with Crippen molar-refractivity contribution in [2.24, 2.45) is 0 Å². The highest BCUT2D eigenvalue weighted by molar-refractivity contribution is 7.90. The molecule has 0 aromatic carbocycles. The fourth-order valence-corrected chi connectivity index (χ4v) is 2.12. The summed E-state index contributed by atoms with van der Waals surface area (Å²) in [6, 6.07) is 1.62. The van der Waals surface area contributed by atoms with Gasteiger partial charge in [-0.15, -0.1) is 0 Å². The number of aliphatic hydroxyl groups is 1. The number of nitriles is 1. The van der Waals surface area contributed by atoms with Gasteiger partial charge in [0, 0.05) is 6.54 Å². The summed E-state index contributed by atoms with van der Waals surface area (Å²) in [7, 11) is -3.76. The van der Waals surface area contributed by atoms with E-state index in [1.165, 1.54) is 0 Å². The third kappa shape index (κ3) is 4.57. The predicted molar refractivity (Wildman–Crippen MR) is 54.9 cm³/mol. The number of carboxylic acids is 1. The number of nitrogens with zero attached hydrogens (tertiary/aromatic N) is 1. The largest absolute Gasteiger partial charge is 0.479 e. The molecule has 0 bridgehead atoms. The van der Waals surface area contributed by atoms with Crippen molar-refractivity contribution in [1.29, 1.82) is 5.26 Å². The topological polar surface area (TPSA) is 127 Å². The second kappa shape index (κ2) is 6.42. The van der Waals surface area contributed by atoms with Gasteiger partial charge < -0.3 is 10.2 Å². The lowest BCUT2D eigenvalue weighted by Crippen LogP contribution is -2.36. The highest BCUT2D eigenvalue weighted by atomic mass is 32.2. The molecule has 3 N–H and O–H groups in total. The van der Waals surface area contributed by atoms with E-state index in [2.05, 4.69) is 4.72 Å². The Labute approximate surface area is 93.7 Å². The van der Waals surface area contributed by atoms with Crippen LogP contribution in [0.2, 0.25) is 0 Å². The number of sulfonamides is 1. The average molecular weight is 250 g/mol. The number of aliphatic hydroxyl groups excluding tert-OH is 1. The van der Waals surface area contributed by atoms with Crippen LogP contribution in [-0.2, 0) is 14.8 Å². The van der Waals surface area contributed by atoms with Crippen molar-refractivity contribution in [3.05, 3.63) is 0 Å². The third-order valence-electron chi connectivity index (χ3n) is 1.90. The minimum absolute atomic E-state index is 0.146. The number of nitrogens with one attached hydrogen (secondary N) is 1. The first-order valence-corrected chi connectivity index (χ1v) is 6.18. The molecular formula is C8H14N2O5S. The number of rotatable bonds is 7. The molecular weight excluding hydrogens is 236 g/mol. The summed E-state index contributed by atoms with van der Waals surface area (Å²) in [4.78, 5) is 10.2. The maximum Gasteiger partial charge on any atom is 0.332 e. The van der Waals surface area contributed by atoms with Gasteiger partial charge in [-0.25, -0.2) is 17.9 Å². The highest BCUT2D eigenvalue weighted by Gasteiger charge is 2.23. The van der Waals surface area contributed by atoms with Crippen molar-refractivity contribution in [3.63, 3.8) is 0 Å². The second-order valence-corrected chi connectivity index (χ2v) is 5.06. The van der Waals surface area contributed by atoms with E-state index in [1.54, 1.807) is 13.0 Å². The van der Waals surface area contributed by atoms with Crippen LogP contribution >= 0.6 is 0 Å². The number of hydrogen-bond donors (Lipinski definition) is 3. The van der Waals surface area contributed by atoms with E-state index in [0.717, 1.165) is 0 Å². The average Bonchev–Trinajstić information content (AvgIpc) is 2.18. The predicted octanol–water partition coefficient (Wildman–Crippen LogP) is -0.956. The van der Waals surface area contributed by atoms with Crippen LogP contribution in [0.25, 0.3) is 0 Å². The Hall–Kier alpha value is -1.17. The zero-order valence-electron chi connectivity index (χ0n) is 8.75. The first-order valence-electron chi connectivity index (χ1n) is 4.64. The van der Waals surface area contributed by atoms with Gasteiger partial charge in [0.1, 0.15) is 0 Å². The van der Waals surface area contributed by atoms with Crippen LogP contribution < -0.4 is 4.72 Å². The van der Waals surface area contributed by atoms with Gasteiger partial charge in [-0.1, -0.05) is 6.92 Å². The van der Waals surface area contributed by atoms with Crippen LogP contribution in [0.15, 0.2) is 0 Å². The van der Waals surface area contributed by atoms with Crippen LogP contribution in [-0.4, -0.2) is 42.5 Å². The third-order valence-corrected chi connectivity index (χ3v) is 3.69. The van der Waals surface area contributed by atoms with Gasteiger partial charge in [0.25, 0.3) is 0 Å². The van der Waals surface area contributed by atoms with Crippen LogP contribution in [0.3, 0.4) is 0 Å².